The summed E-state index contributed by atoms with van der Waals surface area (Å²) in [5, 5.41) is 9.80. The lowest BCUT2D eigenvalue weighted by atomic mass is 9.85. The molecule has 2 aliphatic rings. The zero-order valence-electron chi connectivity index (χ0n) is 15.3. The number of amides is 1. The van der Waals surface area contributed by atoms with E-state index in [9.17, 15) is 23.1 Å². The van der Waals surface area contributed by atoms with Gasteiger partial charge >= 0.3 is 12.1 Å². The number of carbonyl (C=O) groups excluding carboxylic acids is 1. The Kier molecular flexibility index (Phi) is 5.18. The first-order chi connectivity index (χ1) is 12.7. The third-order valence-electron chi connectivity index (χ3n) is 5.70. The zero-order valence-corrected chi connectivity index (χ0v) is 16.2. The van der Waals surface area contributed by atoms with Gasteiger partial charge in [-0.15, -0.1) is 0 Å². The Bertz CT molecular complexity index is 822. The van der Waals surface area contributed by atoms with Gasteiger partial charge in [0.05, 0.1) is 17.4 Å². The van der Waals surface area contributed by atoms with E-state index in [4.69, 9.17) is 4.74 Å². The van der Waals surface area contributed by atoms with Crippen molar-refractivity contribution >= 4 is 22.1 Å². The van der Waals surface area contributed by atoms with Gasteiger partial charge in [0.25, 0.3) is 0 Å². The first-order valence-corrected chi connectivity index (χ1v) is 10.3. The van der Waals surface area contributed by atoms with Crippen LogP contribution >= 0.6 is 0 Å². The van der Waals surface area contributed by atoms with Crippen molar-refractivity contribution in [2.75, 3.05) is 26.7 Å². The number of nitrogens with zero attached hydrogens (tertiary/aromatic N) is 1. The summed E-state index contributed by atoms with van der Waals surface area (Å²) in [5.74, 6) is -0.943. The number of rotatable bonds is 5. The Morgan fingerprint density at radius 1 is 1.22 bits per heavy atom. The highest BCUT2D eigenvalue weighted by molar-refractivity contribution is 7.89. The fourth-order valence-electron chi connectivity index (χ4n) is 4.20. The molecule has 0 unspecified atom stereocenters. The van der Waals surface area contributed by atoms with E-state index in [1.165, 1.54) is 19.2 Å². The molecule has 2 atom stereocenters. The summed E-state index contributed by atoms with van der Waals surface area (Å²) >= 11 is 0. The number of benzene rings is 1. The molecule has 1 amide bonds. The van der Waals surface area contributed by atoms with Crippen LogP contribution in [0.4, 0.5) is 4.79 Å². The van der Waals surface area contributed by atoms with E-state index in [0.29, 0.717) is 25.9 Å². The van der Waals surface area contributed by atoms with E-state index in [2.05, 4.69) is 4.72 Å². The molecular weight excluding hydrogens is 372 g/mol. The number of likely N-dealkylation sites (tertiary alicyclic amines) is 1. The Hall–Kier alpha value is -2.13. The van der Waals surface area contributed by atoms with Crippen LogP contribution in [-0.2, 0) is 19.6 Å². The van der Waals surface area contributed by atoms with E-state index in [1.54, 1.807) is 17.0 Å². The van der Waals surface area contributed by atoms with Crippen LogP contribution in [0.5, 0.6) is 0 Å². The predicted molar refractivity (Wildman–Crippen MR) is 96.6 cm³/mol. The molecular formula is C18H24N2O6S. The standard InChI is InChI=1S/C18H24N2O6S/c1-12-3-5-15(6-4-12)27(24,25)19-11-18(16(21)22)7-13-9-20(17(23)26-2)10-14(13)8-18/h3-6,13-14,19H,7-11H2,1-2H3,(H,21,22)/t13-,14-/m0/s1. The summed E-state index contributed by atoms with van der Waals surface area (Å²) in [5.41, 5.74) is -0.218. The van der Waals surface area contributed by atoms with Crippen molar-refractivity contribution in [3.63, 3.8) is 0 Å². The maximum absolute atomic E-state index is 12.5. The molecule has 1 aliphatic heterocycles. The smallest absolute Gasteiger partial charge is 0.409 e. The molecule has 1 aliphatic carbocycles. The summed E-state index contributed by atoms with van der Waals surface area (Å²) in [6.07, 6.45) is 0.249. The molecule has 2 N–H and O–H groups in total. The average Bonchev–Trinajstić information content (AvgIpc) is 3.16. The maximum Gasteiger partial charge on any atom is 0.409 e. The number of sulfonamides is 1. The molecule has 0 radical (unpaired) electrons. The van der Waals surface area contributed by atoms with Crippen molar-refractivity contribution < 1.29 is 27.9 Å². The van der Waals surface area contributed by atoms with Gasteiger partial charge in [-0.25, -0.2) is 17.9 Å². The number of hydrogen-bond donors (Lipinski definition) is 2. The number of methoxy groups -OCH3 is 1. The summed E-state index contributed by atoms with van der Waals surface area (Å²) in [6.45, 7) is 2.58. The second-order valence-electron chi connectivity index (χ2n) is 7.53. The number of ether oxygens (including phenoxy) is 1. The first kappa shape index (κ1) is 19.6. The highest BCUT2D eigenvalue weighted by Gasteiger charge is 2.54. The van der Waals surface area contributed by atoms with E-state index >= 15 is 0 Å². The predicted octanol–water partition coefficient (Wildman–Crippen LogP) is 1.45. The van der Waals surface area contributed by atoms with Gasteiger partial charge in [-0.1, -0.05) is 17.7 Å². The molecule has 148 valence electrons. The second kappa shape index (κ2) is 7.12. The van der Waals surface area contributed by atoms with Crippen LogP contribution in [-0.4, -0.2) is 57.2 Å². The first-order valence-electron chi connectivity index (χ1n) is 8.79. The van der Waals surface area contributed by atoms with E-state index in [1.807, 2.05) is 6.92 Å². The number of hydrogen-bond acceptors (Lipinski definition) is 5. The Balaban J connectivity index is 1.70. The van der Waals surface area contributed by atoms with Crippen LogP contribution in [0.2, 0.25) is 0 Å². The zero-order chi connectivity index (χ0) is 19.8. The van der Waals surface area contributed by atoms with E-state index < -0.39 is 27.5 Å². The van der Waals surface area contributed by atoms with E-state index in [0.717, 1.165) is 5.56 Å². The lowest BCUT2D eigenvalue weighted by Gasteiger charge is -2.27. The Morgan fingerprint density at radius 3 is 2.26 bits per heavy atom. The molecule has 3 rings (SSSR count). The number of carboxylic acids is 1. The van der Waals surface area contributed by atoms with Gasteiger partial charge in [-0.2, -0.15) is 0 Å². The van der Waals surface area contributed by atoms with Gasteiger partial charge in [-0.05, 0) is 43.7 Å². The fourth-order valence-corrected chi connectivity index (χ4v) is 5.32. The number of aryl methyl sites for hydroxylation is 1. The van der Waals surface area contributed by atoms with Crippen molar-refractivity contribution in [1.29, 1.82) is 0 Å². The van der Waals surface area contributed by atoms with Crippen molar-refractivity contribution in [2.24, 2.45) is 17.3 Å². The van der Waals surface area contributed by atoms with Gasteiger partial charge in [0, 0.05) is 19.6 Å². The number of aliphatic carboxylic acids is 1. The van der Waals surface area contributed by atoms with Gasteiger partial charge < -0.3 is 14.7 Å². The third kappa shape index (κ3) is 3.79. The third-order valence-corrected chi connectivity index (χ3v) is 7.12. The minimum Gasteiger partial charge on any atom is -0.481 e. The van der Waals surface area contributed by atoms with Gasteiger partial charge in [0.15, 0.2) is 0 Å². The summed E-state index contributed by atoms with van der Waals surface area (Å²) in [6, 6.07) is 6.40. The Morgan fingerprint density at radius 2 is 1.78 bits per heavy atom. The van der Waals surface area contributed by atoms with Gasteiger partial charge in [0.1, 0.15) is 0 Å². The number of carboxylic acid groups (broad SMARTS) is 1. The molecule has 1 aromatic carbocycles. The molecule has 9 heteroatoms. The van der Waals surface area contributed by atoms with Crippen molar-refractivity contribution in [1.82, 2.24) is 9.62 Å². The van der Waals surface area contributed by atoms with Crippen LogP contribution in [0.3, 0.4) is 0 Å². The molecule has 1 saturated heterocycles. The Labute approximate surface area is 158 Å². The number of nitrogens with one attached hydrogen (secondary N) is 1. The monoisotopic (exact) mass is 396 g/mol. The van der Waals surface area contributed by atoms with Crippen LogP contribution in [0.1, 0.15) is 18.4 Å². The highest BCUT2D eigenvalue weighted by atomic mass is 32.2. The van der Waals surface area contributed by atoms with Crippen LogP contribution in [0.15, 0.2) is 29.2 Å². The average molecular weight is 396 g/mol. The van der Waals surface area contributed by atoms with Crippen LogP contribution in [0.25, 0.3) is 0 Å². The topological polar surface area (TPSA) is 113 Å². The molecule has 0 bridgehead atoms. The highest BCUT2D eigenvalue weighted by Crippen LogP contribution is 2.49. The molecule has 1 saturated carbocycles. The molecule has 1 aromatic rings. The fraction of sp³-hybridized carbons (Fsp3) is 0.556. The van der Waals surface area contributed by atoms with Gasteiger partial charge in [0.2, 0.25) is 10.0 Å². The largest absolute Gasteiger partial charge is 0.481 e. The molecule has 27 heavy (non-hydrogen) atoms. The quantitative estimate of drug-likeness (QED) is 0.779. The second-order valence-corrected chi connectivity index (χ2v) is 9.29. The minimum atomic E-state index is -3.79. The molecule has 8 nitrogen and oxygen atoms in total. The van der Waals surface area contributed by atoms with Crippen molar-refractivity contribution in [3.05, 3.63) is 29.8 Å². The number of fused-ring (bicyclic) bond motifs is 1. The normalized spacial score (nSPS) is 23.9. The summed E-state index contributed by atoms with van der Waals surface area (Å²) in [7, 11) is -2.47. The minimum absolute atomic E-state index is 0.0316. The summed E-state index contributed by atoms with van der Waals surface area (Å²) < 4.78 is 32.2. The maximum atomic E-state index is 12.5. The molecule has 0 spiro atoms. The van der Waals surface area contributed by atoms with Gasteiger partial charge in [-0.3, -0.25) is 4.79 Å². The van der Waals surface area contributed by atoms with E-state index in [-0.39, 0.29) is 23.3 Å². The molecule has 2 fully saturated rings. The molecule has 1 heterocycles. The number of carbonyl (C=O) groups is 2. The van der Waals surface area contributed by atoms with Crippen LogP contribution in [0, 0.1) is 24.2 Å². The molecule has 0 aromatic heterocycles. The van der Waals surface area contributed by atoms with Crippen LogP contribution < -0.4 is 4.72 Å². The van der Waals surface area contributed by atoms with Crippen molar-refractivity contribution in [3.8, 4) is 0 Å². The lowest BCUT2D eigenvalue weighted by molar-refractivity contribution is -0.148. The summed E-state index contributed by atoms with van der Waals surface area (Å²) in [4.78, 5) is 25.4. The van der Waals surface area contributed by atoms with Crippen molar-refractivity contribution in [2.45, 2.75) is 24.7 Å². The lowest BCUT2D eigenvalue weighted by Crippen LogP contribution is -2.43. The SMILES string of the molecule is COC(=O)N1C[C@@H]2CC(CNS(=O)(=O)c3ccc(C)cc3)(C(=O)O)C[C@H]2C1.